The second-order valence-electron chi connectivity index (χ2n) is 7.41. The molecule has 0 saturated carbocycles. The van der Waals surface area contributed by atoms with Crippen LogP contribution in [0.3, 0.4) is 0 Å². The summed E-state index contributed by atoms with van der Waals surface area (Å²) in [6, 6.07) is 12.8. The Kier molecular flexibility index (Phi) is 6.43. The van der Waals surface area contributed by atoms with Crippen molar-refractivity contribution in [3.63, 3.8) is 0 Å². The van der Waals surface area contributed by atoms with Crippen LogP contribution < -0.4 is 5.32 Å². The standard InChI is InChI=1S/C21H25ClN2O3S/c1-15-10-16(2)12-19(11-15)23-21(25)17-7-5-9-24(13-17)28(26,27)14-18-6-3-4-8-20(18)22/h3-4,6,8,10-12,17H,5,7,9,13-14H2,1-2H3,(H,23,25). The van der Waals surface area contributed by atoms with Crippen molar-refractivity contribution in [2.75, 3.05) is 18.4 Å². The lowest BCUT2D eigenvalue weighted by Crippen LogP contribution is -2.44. The lowest BCUT2D eigenvalue weighted by atomic mass is 9.98. The lowest BCUT2D eigenvalue weighted by molar-refractivity contribution is -0.120. The van der Waals surface area contributed by atoms with E-state index in [0.717, 1.165) is 16.8 Å². The summed E-state index contributed by atoms with van der Waals surface area (Å²) in [4.78, 5) is 12.7. The van der Waals surface area contributed by atoms with Gasteiger partial charge in [0.25, 0.3) is 0 Å². The van der Waals surface area contributed by atoms with Crippen LogP contribution in [-0.2, 0) is 20.6 Å². The summed E-state index contributed by atoms with van der Waals surface area (Å²) in [5, 5.41) is 3.38. The molecule has 2 aromatic rings. The lowest BCUT2D eigenvalue weighted by Gasteiger charge is -2.31. The quantitative estimate of drug-likeness (QED) is 0.790. The molecule has 7 heteroatoms. The van der Waals surface area contributed by atoms with Crippen LogP contribution in [0.25, 0.3) is 0 Å². The molecular weight excluding hydrogens is 396 g/mol. The summed E-state index contributed by atoms with van der Waals surface area (Å²) in [7, 11) is -3.54. The highest BCUT2D eigenvalue weighted by atomic mass is 35.5. The van der Waals surface area contributed by atoms with Crippen LogP contribution >= 0.6 is 11.6 Å². The Bertz CT molecular complexity index is 955. The number of sulfonamides is 1. The van der Waals surface area contributed by atoms with Crippen molar-refractivity contribution in [3.05, 3.63) is 64.2 Å². The Labute approximate surface area is 171 Å². The van der Waals surface area contributed by atoms with E-state index in [4.69, 9.17) is 11.6 Å². The Balaban J connectivity index is 1.69. The van der Waals surface area contributed by atoms with E-state index in [9.17, 15) is 13.2 Å². The minimum absolute atomic E-state index is 0.136. The maximum Gasteiger partial charge on any atom is 0.228 e. The van der Waals surface area contributed by atoms with Crippen molar-refractivity contribution in [2.45, 2.75) is 32.4 Å². The Morgan fingerprint density at radius 2 is 1.86 bits per heavy atom. The summed E-state index contributed by atoms with van der Waals surface area (Å²) in [6.45, 7) is 4.59. The molecule has 0 radical (unpaired) electrons. The smallest absolute Gasteiger partial charge is 0.228 e. The molecule has 1 atom stereocenters. The van der Waals surface area contributed by atoms with Crippen LogP contribution in [0, 0.1) is 19.8 Å². The van der Waals surface area contributed by atoms with Crippen LogP contribution in [0.1, 0.15) is 29.5 Å². The number of hydrogen-bond donors (Lipinski definition) is 1. The van der Waals surface area contributed by atoms with Crippen LogP contribution in [-0.4, -0.2) is 31.7 Å². The second-order valence-corrected chi connectivity index (χ2v) is 9.79. The predicted molar refractivity (Wildman–Crippen MR) is 113 cm³/mol. The summed E-state index contributed by atoms with van der Waals surface area (Å²) in [5.74, 6) is -0.656. The molecule has 0 spiro atoms. The van der Waals surface area contributed by atoms with Crippen LogP contribution in [0.4, 0.5) is 5.69 Å². The van der Waals surface area contributed by atoms with E-state index in [0.29, 0.717) is 30.0 Å². The maximum absolute atomic E-state index is 12.9. The summed E-state index contributed by atoms with van der Waals surface area (Å²) in [6.07, 6.45) is 1.33. The number of carbonyl (C=O) groups is 1. The minimum Gasteiger partial charge on any atom is -0.326 e. The van der Waals surface area contributed by atoms with Crippen molar-refractivity contribution in [3.8, 4) is 0 Å². The SMILES string of the molecule is Cc1cc(C)cc(NC(=O)C2CCCN(S(=O)(=O)Cc3ccccc3Cl)C2)c1. The van der Waals surface area contributed by atoms with Gasteiger partial charge in [-0.05, 0) is 61.6 Å². The molecule has 1 fully saturated rings. The molecule has 2 aromatic carbocycles. The molecule has 150 valence electrons. The van der Waals surface area contributed by atoms with Crippen molar-refractivity contribution >= 4 is 33.2 Å². The molecule has 28 heavy (non-hydrogen) atoms. The third-order valence-corrected chi connectivity index (χ3v) is 7.10. The first kappa shape index (κ1) is 20.8. The molecular formula is C21H25ClN2O3S. The fourth-order valence-electron chi connectivity index (χ4n) is 3.60. The van der Waals surface area contributed by atoms with E-state index in [1.54, 1.807) is 24.3 Å². The molecule has 0 bridgehead atoms. The van der Waals surface area contributed by atoms with Gasteiger partial charge in [-0.15, -0.1) is 0 Å². The Morgan fingerprint density at radius 3 is 2.54 bits per heavy atom. The number of aryl methyl sites for hydroxylation is 2. The summed E-state index contributed by atoms with van der Waals surface area (Å²) >= 11 is 6.12. The number of hydrogen-bond acceptors (Lipinski definition) is 3. The number of anilines is 1. The van der Waals surface area contributed by atoms with Gasteiger partial charge < -0.3 is 5.32 Å². The molecule has 1 amide bonds. The highest BCUT2D eigenvalue weighted by Crippen LogP contribution is 2.25. The highest BCUT2D eigenvalue weighted by molar-refractivity contribution is 7.88. The molecule has 1 saturated heterocycles. The van der Waals surface area contributed by atoms with Gasteiger partial charge in [-0.2, -0.15) is 0 Å². The Hall–Kier alpha value is -1.89. The number of rotatable bonds is 5. The molecule has 1 aliphatic rings. The minimum atomic E-state index is -3.54. The predicted octanol–water partition coefficient (Wildman–Crippen LogP) is 4.14. The van der Waals surface area contributed by atoms with Crippen molar-refractivity contribution in [2.24, 2.45) is 5.92 Å². The first-order valence-corrected chi connectivity index (χ1v) is 11.3. The molecule has 3 rings (SSSR count). The fourth-order valence-corrected chi connectivity index (χ4v) is 5.53. The molecule has 0 aliphatic carbocycles. The van der Waals surface area contributed by atoms with Gasteiger partial charge >= 0.3 is 0 Å². The molecule has 1 N–H and O–H groups in total. The van der Waals surface area contributed by atoms with Gasteiger partial charge in [0, 0.05) is 23.8 Å². The van der Waals surface area contributed by atoms with Crippen molar-refractivity contribution < 1.29 is 13.2 Å². The van der Waals surface area contributed by atoms with Gasteiger partial charge in [0.15, 0.2) is 0 Å². The normalized spacial score (nSPS) is 18.0. The van der Waals surface area contributed by atoms with Crippen LogP contribution in [0.15, 0.2) is 42.5 Å². The number of carbonyl (C=O) groups excluding carboxylic acids is 1. The molecule has 0 aromatic heterocycles. The average Bonchev–Trinajstić information content (AvgIpc) is 2.63. The molecule has 5 nitrogen and oxygen atoms in total. The zero-order valence-corrected chi connectivity index (χ0v) is 17.7. The summed E-state index contributed by atoms with van der Waals surface area (Å²) in [5.41, 5.74) is 3.47. The third kappa shape index (κ3) is 5.13. The van der Waals surface area contributed by atoms with Gasteiger partial charge in [-0.25, -0.2) is 12.7 Å². The number of piperidine rings is 1. The van der Waals surface area contributed by atoms with Gasteiger partial charge in [0.2, 0.25) is 15.9 Å². The maximum atomic E-state index is 12.9. The number of halogens is 1. The second kappa shape index (κ2) is 8.64. The van der Waals surface area contributed by atoms with Crippen molar-refractivity contribution in [1.82, 2.24) is 4.31 Å². The zero-order valence-electron chi connectivity index (χ0n) is 16.1. The van der Waals surface area contributed by atoms with Gasteiger partial charge in [0.1, 0.15) is 0 Å². The number of benzene rings is 2. The first-order valence-electron chi connectivity index (χ1n) is 9.35. The van der Waals surface area contributed by atoms with E-state index in [2.05, 4.69) is 5.32 Å². The number of amides is 1. The van der Waals surface area contributed by atoms with Crippen LogP contribution in [0.5, 0.6) is 0 Å². The van der Waals surface area contributed by atoms with E-state index >= 15 is 0 Å². The monoisotopic (exact) mass is 420 g/mol. The average molecular weight is 421 g/mol. The summed E-state index contributed by atoms with van der Waals surface area (Å²) < 4.78 is 27.1. The highest BCUT2D eigenvalue weighted by Gasteiger charge is 2.32. The van der Waals surface area contributed by atoms with Gasteiger partial charge in [0.05, 0.1) is 11.7 Å². The number of nitrogens with one attached hydrogen (secondary N) is 1. The van der Waals surface area contributed by atoms with Gasteiger partial charge in [-0.3, -0.25) is 4.79 Å². The van der Waals surface area contributed by atoms with Crippen molar-refractivity contribution in [1.29, 1.82) is 0 Å². The topological polar surface area (TPSA) is 66.5 Å². The third-order valence-electron chi connectivity index (χ3n) is 4.93. The number of nitrogens with zero attached hydrogens (tertiary/aromatic N) is 1. The van der Waals surface area contributed by atoms with E-state index in [-0.39, 0.29) is 24.1 Å². The van der Waals surface area contributed by atoms with E-state index < -0.39 is 10.0 Å². The van der Waals surface area contributed by atoms with E-state index in [1.165, 1.54) is 4.31 Å². The Morgan fingerprint density at radius 1 is 1.18 bits per heavy atom. The molecule has 1 aliphatic heterocycles. The zero-order chi connectivity index (χ0) is 20.3. The molecule has 1 heterocycles. The molecule has 1 unspecified atom stereocenters. The van der Waals surface area contributed by atoms with Crippen LogP contribution in [0.2, 0.25) is 5.02 Å². The fraction of sp³-hybridized carbons (Fsp3) is 0.381. The largest absolute Gasteiger partial charge is 0.326 e. The van der Waals surface area contributed by atoms with E-state index in [1.807, 2.05) is 32.0 Å². The van der Waals surface area contributed by atoms with Gasteiger partial charge in [-0.1, -0.05) is 35.9 Å². The first-order chi connectivity index (χ1) is 13.2.